The molecule has 0 bridgehead atoms. The lowest BCUT2D eigenvalue weighted by molar-refractivity contribution is -0.153. The summed E-state index contributed by atoms with van der Waals surface area (Å²) in [5, 5.41) is 6.10. The van der Waals surface area contributed by atoms with Crippen LogP contribution in [0.15, 0.2) is 4.99 Å². The molecule has 0 atom stereocenters. The number of rotatable bonds is 8. The third kappa shape index (κ3) is 10.4. The van der Waals surface area contributed by atoms with E-state index in [-0.39, 0.29) is 12.5 Å². The zero-order chi connectivity index (χ0) is 17.8. The standard InChI is InChI=1S/C17H33N3O4/c1-17(2,3)24-15(21)12-20-16(18-4)19-8-5-9-23-13-14-6-10-22-11-7-14/h14H,5-13H2,1-4H3,(H2,18,19,20). The summed E-state index contributed by atoms with van der Waals surface area (Å²) in [6.07, 6.45) is 3.08. The van der Waals surface area contributed by atoms with Crippen molar-refractivity contribution in [3.05, 3.63) is 0 Å². The first-order chi connectivity index (χ1) is 11.4. The Morgan fingerprint density at radius 3 is 2.58 bits per heavy atom. The second-order valence-corrected chi connectivity index (χ2v) is 6.92. The van der Waals surface area contributed by atoms with Gasteiger partial charge in [-0.05, 0) is 46.0 Å². The molecule has 1 saturated heterocycles. The molecule has 0 radical (unpaired) electrons. The third-order valence-corrected chi connectivity index (χ3v) is 3.50. The second-order valence-electron chi connectivity index (χ2n) is 6.92. The van der Waals surface area contributed by atoms with E-state index < -0.39 is 5.60 Å². The highest BCUT2D eigenvalue weighted by molar-refractivity contribution is 5.84. The third-order valence-electron chi connectivity index (χ3n) is 3.50. The van der Waals surface area contributed by atoms with Gasteiger partial charge in [-0.3, -0.25) is 9.79 Å². The molecule has 140 valence electrons. The minimum Gasteiger partial charge on any atom is -0.459 e. The van der Waals surface area contributed by atoms with Crippen LogP contribution in [0.3, 0.4) is 0 Å². The van der Waals surface area contributed by atoms with E-state index in [1.54, 1.807) is 7.05 Å². The summed E-state index contributed by atoms with van der Waals surface area (Å²) in [7, 11) is 1.67. The predicted molar refractivity (Wildman–Crippen MR) is 94.2 cm³/mol. The molecule has 7 heteroatoms. The van der Waals surface area contributed by atoms with Crippen LogP contribution in [0.4, 0.5) is 0 Å². The smallest absolute Gasteiger partial charge is 0.325 e. The molecule has 0 aromatic rings. The predicted octanol–water partition coefficient (Wildman–Crippen LogP) is 1.33. The molecule has 1 heterocycles. The quantitative estimate of drug-likeness (QED) is 0.299. The molecule has 0 unspecified atom stereocenters. The number of hydrogen-bond donors (Lipinski definition) is 2. The Morgan fingerprint density at radius 1 is 1.25 bits per heavy atom. The summed E-state index contributed by atoms with van der Waals surface area (Å²) < 4.78 is 16.3. The van der Waals surface area contributed by atoms with Crippen LogP contribution in [0.25, 0.3) is 0 Å². The maximum Gasteiger partial charge on any atom is 0.325 e. The lowest BCUT2D eigenvalue weighted by Crippen LogP contribution is -2.42. The van der Waals surface area contributed by atoms with Gasteiger partial charge in [-0.1, -0.05) is 0 Å². The first-order valence-electron chi connectivity index (χ1n) is 8.72. The van der Waals surface area contributed by atoms with Crippen LogP contribution >= 0.6 is 0 Å². The van der Waals surface area contributed by atoms with Crippen LogP contribution in [0.2, 0.25) is 0 Å². The zero-order valence-electron chi connectivity index (χ0n) is 15.5. The number of carbonyl (C=O) groups excluding carboxylic acids is 1. The van der Waals surface area contributed by atoms with Gasteiger partial charge in [0, 0.05) is 40.0 Å². The first kappa shape index (κ1) is 20.7. The van der Waals surface area contributed by atoms with Gasteiger partial charge in [0.1, 0.15) is 12.1 Å². The highest BCUT2D eigenvalue weighted by Crippen LogP contribution is 2.14. The van der Waals surface area contributed by atoms with Crippen LogP contribution < -0.4 is 10.6 Å². The molecule has 1 rings (SSSR count). The molecule has 24 heavy (non-hydrogen) atoms. The molecule has 0 amide bonds. The topological polar surface area (TPSA) is 81.2 Å². The summed E-state index contributed by atoms with van der Waals surface area (Å²) in [6, 6.07) is 0. The van der Waals surface area contributed by atoms with E-state index in [9.17, 15) is 4.79 Å². The largest absolute Gasteiger partial charge is 0.459 e. The number of nitrogens with zero attached hydrogens (tertiary/aromatic N) is 1. The summed E-state index contributed by atoms with van der Waals surface area (Å²) >= 11 is 0. The molecule has 7 nitrogen and oxygen atoms in total. The highest BCUT2D eigenvalue weighted by Gasteiger charge is 2.16. The summed E-state index contributed by atoms with van der Waals surface area (Å²) in [6.45, 7) is 9.61. The van der Waals surface area contributed by atoms with Crippen molar-refractivity contribution in [1.29, 1.82) is 0 Å². The Hall–Kier alpha value is -1.34. The van der Waals surface area contributed by atoms with Crippen molar-refractivity contribution in [1.82, 2.24) is 10.6 Å². The molecule has 0 aromatic heterocycles. The van der Waals surface area contributed by atoms with E-state index in [1.165, 1.54) is 0 Å². The van der Waals surface area contributed by atoms with Gasteiger partial charge in [-0.2, -0.15) is 0 Å². The van der Waals surface area contributed by atoms with E-state index in [1.807, 2.05) is 20.8 Å². The van der Waals surface area contributed by atoms with Crippen molar-refractivity contribution in [2.75, 3.05) is 46.6 Å². The lowest BCUT2D eigenvalue weighted by atomic mass is 10.0. The van der Waals surface area contributed by atoms with Crippen molar-refractivity contribution in [2.24, 2.45) is 10.9 Å². The zero-order valence-corrected chi connectivity index (χ0v) is 15.5. The number of nitrogens with one attached hydrogen (secondary N) is 2. The van der Waals surface area contributed by atoms with Gasteiger partial charge in [-0.15, -0.1) is 0 Å². The number of guanidine groups is 1. The van der Waals surface area contributed by atoms with Crippen LogP contribution in [0.5, 0.6) is 0 Å². The van der Waals surface area contributed by atoms with Gasteiger partial charge < -0.3 is 24.8 Å². The van der Waals surface area contributed by atoms with E-state index in [2.05, 4.69) is 15.6 Å². The van der Waals surface area contributed by atoms with E-state index in [0.29, 0.717) is 18.5 Å². The average Bonchev–Trinajstić information content (AvgIpc) is 2.52. The van der Waals surface area contributed by atoms with Gasteiger partial charge in [0.05, 0.1) is 0 Å². The average molecular weight is 343 g/mol. The molecule has 0 aliphatic carbocycles. The van der Waals surface area contributed by atoms with Crippen molar-refractivity contribution in [3.63, 3.8) is 0 Å². The molecule has 0 saturated carbocycles. The van der Waals surface area contributed by atoms with Gasteiger partial charge in [0.15, 0.2) is 5.96 Å². The Kier molecular flexibility index (Phi) is 9.71. The molecule has 1 fully saturated rings. The first-order valence-corrected chi connectivity index (χ1v) is 8.72. The van der Waals surface area contributed by atoms with Gasteiger partial charge in [-0.25, -0.2) is 0 Å². The maximum absolute atomic E-state index is 11.6. The normalized spacial score (nSPS) is 16.8. The van der Waals surface area contributed by atoms with Crippen molar-refractivity contribution in [2.45, 2.75) is 45.6 Å². The number of ether oxygens (including phenoxy) is 3. The molecular formula is C17H33N3O4. The van der Waals surface area contributed by atoms with Gasteiger partial charge >= 0.3 is 5.97 Å². The van der Waals surface area contributed by atoms with E-state index in [0.717, 1.165) is 45.6 Å². The summed E-state index contributed by atoms with van der Waals surface area (Å²) in [4.78, 5) is 15.7. The van der Waals surface area contributed by atoms with Crippen LogP contribution in [-0.2, 0) is 19.0 Å². The van der Waals surface area contributed by atoms with Crippen molar-refractivity contribution < 1.29 is 19.0 Å². The highest BCUT2D eigenvalue weighted by atomic mass is 16.6. The molecular weight excluding hydrogens is 310 g/mol. The van der Waals surface area contributed by atoms with Crippen LogP contribution in [0, 0.1) is 5.92 Å². The van der Waals surface area contributed by atoms with Gasteiger partial charge in [0.2, 0.25) is 0 Å². The lowest BCUT2D eigenvalue weighted by Gasteiger charge is -2.21. The fraction of sp³-hybridized carbons (Fsp3) is 0.882. The van der Waals surface area contributed by atoms with Crippen LogP contribution in [-0.4, -0.2) is 64.1 Å². The molecule has 2 N–H and O–H groups in total. The number of carbonyl (C=O) groups is 1. The summed E-state index contributed by atoms with van der Waals surface area (Å²) in [5.41, 5.74) is -0.475. The Morgan fingerprint density at radius 2 is 1.96 bits per heavy atom. The van der Waals surface area contributed by atoms with Gasteiger partial charge in [0.25, 0.3) is 0 Å². The number of esters is 1. The minimum atomic E-state index is -0.475. The monoisotopic (exact) mass is 343 g/mol. The molecule has 1 aliphatic rings. The fourth-order valence-corrected chi connectivity index (χ4v) is 2.30. The van der Waals surface area contributed by atoms with Crippen molar-refractivity contribution in [3.8, 4) is 0 Å². The number of aliphatic imine (C=N–C) groups is 1. The minimum absolute atomic E-state index is 0.0944. The number of hydrogen-bond acceptors (Lipinski definition) is 5. The fourth-order valence-electron chi connectivity index (χ4n) is 2.30. The van der Waals surface area contributed by atoms with Crippen molar-refractivity contribution >= 4 is 11.9 Å². The maximum atomic E-state index is 11.6. The Labute approximate surface area is 145 Å². The van der Waals surface area contributed by atoms with E-state index in [4.69, 9.17) is 14.2 Å². The Bertz CT molecular complexity index is 388. The molecule has 0 aromatic carbocycles. The Balaban J connectivity index is 2.04. The summed E-state index contributed by atoms with van der Waals surface area (Å²) in [5.74, 6) is 0.922. The van der Waals surface area contributed by atoms with Crippen LogP contribution in [0.1, 0.15) is 40.0 Å². The SMILES string of the molecule is CN=C(NCCCOCC1CCOCC1)NCC(=O)OC(C)(C)C. The molecule has 1 aliphatic heterocycles. The van der Waals surface area contributed by atoms with E-state index >= 15 is 0 Å². The molecule has 0 spiro atoms. The second kappa shape index (κ2) is 11.3.